The number of carbonyl (C=O) groups excluding carboxylic acids is 1. The lowest BCUT2D eigenvalue weighted by atomic mass is 10.2. The average Bonchev–Trinajstić information content (AvgIpc) is 3.10. The van der Waals surface area contributed by atoms with Crippen molar-refractivity contribution in [1.82, 2.24) is 5.32 Å². The first kappa shape index (κ1) is 22.0. The van der Waals surface area contributed by atoms with Gasteiger partial charge in [0.15, 0.2) is 16.6 Å². The molecule has 28 heavy (non-hydrogen) atoms. The normalized spacial score (nSPS) is 10.3. The number of benzene rings is 1. The SMILES string of the molecule is CCOc1ccc(CNC(=S)Nc2sc(CC)cc2C(=O)OC)cc1OCC. The van der Waals surface area contributed by atoms with Crippen LogP contribution in [0.4, 0.5) is 5.00 Å². The number of nitrogens with one attached hydrogen (secondary N) is 2. The van der Waals surface area contributed by atoms with Gasteiger partial charge in [-0.1, -0.05) is 13.0 Å². The van der Waals surface area contributed by atoms with Crippen LogP contribution in [-0.4, -0.2) is 31.4 Å². The number of hydrogen-bond donors (Lipinski definition) is 2. The lowest BCUT2D eigenvalue weighted by molar-refractivity contribution is 0.0602. The highest BCUT2D eigenvalue weighted by molar-refractivity contribution is 7.80. The van der Waals surface area contributed by atoms with Gasteiger partial charge in [-0.15, -0.1) is 11.3 Å². The molecule has 0 saturated carbocycles. The summed E-state index contributed by atoms with van der Waals surface area (Å²) in [5, 5.41) is 7.38. The van der Waals surface area contributed by atoms with Crippen LogP contribution in [0, 0.1) is 0 Å². The van der Waals surface area contributed by atoms with Crippen molar-refractivity contribution in [3.8, 4) is 11.5 Å². The van der Waals surface area contributed by atoms with Crippen molar-refractivity contribution in [3.63, 3.8) is 0 Å². The first-order chi connectivity index (χ1) is 13.5. The molecule has 0 fully saturated rings. The van der Waals surface area contributed by atoms with E-state index in [2.05, 4.69) is 10.6 Å². The Kier molecular flexibility index (Phi) is 8.53. The molecule has 0 aliphatic rings. The summed E-state index contributed by atoms with van der Waals surface area (Å²) in [6.07, 6.45) is 0.836. The third kappa shape index (κ3) is 5.84. The highest BCUT2D eigenvalue weighted by Gasteiger charge is 2.17. The molecule has 2 N–H and O–H groups in total. The Bertz CT molecular complexity index is 821. The summed E-state index contributed by atoms with van der Waals surface area (Å²) < 4.78 is 16.1. The summed E-state index contributed by atoms with van der Waals surface area (Å²) in [6, 6.07) is 7.63. The van der Waals surface area contributed by atoms with E-state index >= 15 is 0 Å². The summed E-state index contributed by atoms with van der Waals surface area (Å²) in [5.41, 5.74) is 1.50. The van der Waals surface area contributed by atoms with Gasteiger partial charge in [-0.25, -0.2) is 4.79 Å². The number of thiophene rings is 1. The van der Waals surface area contributed by atoms with Crippen LogP contribution in [0.15, 0.2) is 24.3 Å². The summed E-state index contributed by atoms with van der Waals surface area (Å²) in [4.78, 5) is 13.0. The molecule has 0 aliphatic carbocycles. The van der Waals surface area contributed by atoms with E-state index < -0.39 is 0 Å². The van der Waals surface area contributed by atoms with E-state index in [4.69, 9.17) is 26.4 Å². The van der Waals surface area contributed by atoms with Gasteiger partial charge >= 0.3 is 5.97 Å². The molecular formula is C20H26N2O4S2. The van der Waals surface area contributed by atoms with E-state index in [1.807, 2.05) is 45.0 Å². The predicted molar refractivity (Wildman–Crippen MR) is 117 cm³/mol. The Balaban J connectivity index is 2.04. The molecule has 152 valence electrons. The molecule has 1 aromatic heterocycles. The van der Waals surface area contributed by atoms with Gasteiger partial charge in [0.25, 0.3) is 0 Å². The Hall–Kier alpha value is -2.32. The van der Waals surface area contributed by atoms with Crippen LogP contribution in [0.25, 0.3) is 0 Å². The van der Waals surface area contributed by atoms with E-state index in [0.717, 1.165) is 22.6 Å². The predicted octanol–water partition coefficient (Wildman–Crippen LogP) is 4.38. The zero-order valence-corrected chi connectivity index (χ0v) is 18.2. The maximum Gasteiger partial charge on any atom is 0.340 e. The standard InChI is InChI=1S/C20H26N2O4S2/c1-5-14-11-15(19(23)24-4)18(28-14)22-20(27)21-12-13-8-9-16(25-6-2)17(10-13)26-7-3/h8-11H,5-7,12H2,1-4H3,(H2,21,22,27). The first-order valence-electron chi connectivity index (χ1n) is 9.16. The average molecular weight is 423 g/mol. The fourth-order valence-corrected chi connectivity index (χ4v) is 3.73. The summed E-state index contributed by atoms with van der Waals surface area (Å²) in [6.45, 7) is 7.56. The quantitative estimate of drug-likeness (QED) is 0.459. The molecule has 8 heteroatoms. The van der Waals surface area contributed by atoms with E-state index in [-0.39, 0.29) is 5.97 Å². The minimum absolute atomic E-state index is 0.380. The number of aryl methyl sites for hydroxylation is 1. The van der Waals surface area contributed by atoms with Crippen LogP contribution in [0.5, 0.6) is 11.5 Å². The molecule has 0 radical (unpaired) electrons. The van der Waals surface area contributed by atoms with Gasteiger partial charge in [-0.3, -0.25) is 0 Å². The highest BCUT2D eigenvalue weighted by atomic mass is 32.1. The van der Waals surface area contributed by atoms with Crippen molar-refractivity contribution >= 4 is 39.6 Å². The number of esters is 1. The molecule has 0 unspecified atom stereocenters. The molecule has 0 aliphatic heterocycles. The fourth-order valence-electron chi connectivity index (χ4n) is 2.51. The Labute approximate surface area is 175 Å². The Morgan fingerprint density at radius 1 is 1.11 bits per heavy atom. The van der Waals surface area contributed by atoms with E-state index in [0.29, 0.717) is 41.2 Å². The van der Waals surface area contributed by atoms with Crippen LogP contribution in [-0.2, 0) is 17.7 Å². The lowest BCUT2D eigenvalue weighted by Gasteiger charge is -2.14. The number of carbonyl (C=O) groups is 1. The minimum Gasteiger partial charge on any atom is -0.490 e. The van der Waals surface area contributed by atoms with Crippen molar-refractivity contribution in [2.45, 2.75) is 33.7 Å². The highest BCUT2D eigenvalue weighted by Crippen LogP contribution is 2.30. The Morgan fingerprint density at radius 2 is 1.82 bits per heavy atom. The molecule has 6 nitrogen and oxygen atoms in total. The van der Waals surface area contributed by atoms with Gasteiger partial charge in [-0.2, -0.15) is 0 Å². The Morgan fingerprint density at radius 3 is 2.46 bits per heavy atom. The molecule has 0 saturated heterocycles. The second-order valence-electron chi connectivity index (χ2n) is 5.76. The molecule has 0 amide bonds. The monoisotopic (exact) mass is 422 g/mol. The van der Waals surface area contributed by atoms with Crippen LogP contribution >= 0.6 is 23.6 Å². The van der Waals surface area contributed by atoms with Crippen molar-refractivity contribution < 1.29 is 19.0 Å². The van der Waals surface area contributed by atoms with Gasteiger partial charge < -0.3 is 24.8 Å². The van der Waals surface area contributed by atoms with Crippen molar-refractivity contribution in [1.29, 1.82) is 0 Å². The largest absolute Gasteiger partial charge is 0.490 e. The minimum atomic E-state index is -0.380. The molecule has 1 heterocycles. The fraction of sp³-hybridized carbons (Fsp3) is 0.400. The molecule has 2 aromatic rings. The van der Waals surface area contributed by atoms with Crippen LogP contribution in [0.2, 0.25) is 0 Å². The molecular weight excluding hydrogens is 396 g/mol. The smallest absolute Gasteiger partial charge is 0.340 e. The zero-order valence-electron chi connectivity index (χ0n) is 16.6. The topological polar surface area (TPSA) is 68.8 Å². The van der Waals surface area contributed by atoms with Gasteiger partial charge in [0.1, 0.15) is 5.00 Å². The number of rotatable bonds is 9. The van der Waals surface area contributed by atoms with Crippen molar-refractivity contribution in [3.05, 3.63) is 40.3 Å². The van der Waals surface area contributed by atoms with Gasteiger partial charge in [-0.05, 0) is 56.2 Å². The first-order valence-corrected chi connectivity index (χ1v) is 10.4. The van der Waals surface area contributed by atoms with E-state index in [9.17, 15) is 4.79 Å². The summed E-state index contributed by atoms with van der Waals surface area (Å²) in [7, 11) is 1.37. The summed E-state index contributed by atoms with van der Waals surface area (Å²) in [5.74, 6) is 1.05. The number of thiocarbonyl (C=S) groups is 1. The van der Waals surface area contributed by atoms with E-state index in [1.165, 1.54) is 18.4 Å². The van der Waals surface area contributed by atoms with E-state index in [1.54, 1.807) is 0 Å². The maximum absolute atomic E-state index is 12.0. The second kappa shape index (κ2) is 10.9. The number of hydrogen-bond acceptors (Lipinski definition) is 6. The number of methoxy groups -OCH3 is 1. The molecule has 1 aromatic carbocycles. The third-order valence-corrected chi connectivity index (χ3v) is 5.27. The molecule has 0 bridgehead atoms. The van der Waals surface area contributed by atoms with Crippen molar-refractivity contribution in [2.75, 3.05) is 25.6 Å². The van der Waals surface area contributed by atoms with Crippen molar-refractivity contribution in [2.24, 2.45) is 0 Å². The number of ether oxygens (including phenoxy) is 3. The maximum atomic E-state index is 12.0. The van der Waals surface area contributed by atoms with Crippen LogP contribution in [0.1, 0.15) is 41.6 Å². The van der Waals surface area contributed by atoms with Crippen LogP contribution < -0.4 is 20.1 Å². The molecule has 0 atom stereocenters. The molecule has 0 spiro atoms. The third-order valence-electron chi connectivity index (χ3n) is 3.82. The second-order valence-corrected chi connectivity index (χ2v) is 7.30. The molecule has 2 rings (SSSR count). The van der Waals surface area contributed by atoms with Gasteiger partial charge in [0.05, 0.1) is 25.9 Å². The van der Waals surface area contributed by atoms with Gasteiger partial charge in [0, 0.05) is 11.4 Å². The lowest BCUT2D eigenvalue weighted by Crippen LogP contribution is -2.28. The number of anilines is 1. The summed E-state index contributed by atoms with van der Waals surface area (Å²) >= 11 is 6.88. The van der Waals surface area contributed by atoms with Crippen LogP contribution in [0.3, 0.4) is 0 Å². The zero-order chi connectivity index (χ0) is 20.5. The van der Waals surface area contributed by atoms with Gasteiger partial charge in [0.2, 0.25) is 0 Å².